The van der Waals surface area contributed by atoms with Crippen molar-refractivity contribution >= 4 is 23.1 Å². The Morgan fingerprint density at radius 2 is 0.952 bits per heavy atom. The molecule has 2 aromatic carbocycles. The minimum atomic E-state index is -0.584. The van der Waals surface area contributed by atoms with Crippen LogP contribution in [-0.4, -0.2) is 11.9 Å². The number of aryl methyl sites for hydroxylation is 2. The fraction of sp³-hybridized carbons (Fsp3) is 0.111. The summed E-state index contributed by atoms with van der Waals surface area (Å²) in [5.74, 6) is -1.17. The molecule has 3 rings (SSSR count). The molecule has 2 aromatic rings. The zero-order chi connectivity index (χ0) is 15.0. The van der Waals surface area contributed by atoms with Crippen molar-refractivity contribution in [1.29, 1.82) is 0 Å². The number of ether oxygens (including phenoxy) is 1. The van der Waals surface area contributed by atoms with Gasteiger partial charge in [0.1, 0.15) is 0 Å². The molecule has 0 bridgehead atoms. The normalized spacial score (nSPS) is 14.6. The highest BCUT2D eigenvalue weighted by atomic mass is 16.6. The first kappa shape index (κ1) is 13.3. The van der Waals surface area contributed by atoms with Crippen LogP contribution >= 0.6 is 0 Å². The maximum atomic E-state index is 12.0. The van der Waals surface area contributed by atoms with Gasteiger partial charge < -0.3 is 4.74 Å². The van der Waals surface area contributed by atoms with Crippen molar-refractivity contribution in [3.63, 3.8) is 0 Å². The van der Waals surface area contributed by atoms with Crippen LogP contribution in [0.2, 0.25) is 0 Å². The largest absolute Gasteiger partial charge is 0.386 e. The average molecular weight is 278 g/mol. The fourth-order valence-electron chi connectivity index (χ4n) is 2.36. The van der Waals surface area contributed by atoms with Gasteiger partial charge in [0.05, 0.1) is 11.1 Å². The lowest BCUT2D eigenvalue weighted by Crippen LogP contribution is -2.02. The topological polar surface area (TPSA) is 43.4 Å². The molecule has 1 aliphatic rings. The number of esters is 2. The summed E-state index contributed by atoms with van der Waals surface area (Å²) < 4.78 is 4.80. The van der Waals surface area contributed by atoms with E-state index in [1.54, 1.807) is 0 Å². The van der Waals surface area contributed by atoms with E-state index in [9.17, 15) is 9.59 Å². The first-order valence-corrected chi connectivity index (χ1v) is 6.71. The van der Waals surface area contributed by atoms with Crippen LogP contribution < -0.4 is 0 Å². The molecule has 0 aromatic heterocycles. The summed E-state index contributed by atoms with van der Waals surface area (Å²) in [6, 6.07) is 15.0. The van der Waals surface area contributed by atoms with Crippen LogP contribution in [0.15, 0.2) is 48.5 Å². The van der Waals surface area contributed by atoms with E-state index in [1.165, 1.54) is 0 Å². The molecule has 0 N–H and O–H groups in total. The van der Waals surface area contributed by atoms with E-state index < -0.39 is 11.9 Å². The average Bonchev–Trinajstić information content (AvgIpc) is 2.75. The van der Waals surface area contributed by atoms with Crippen molar-refractivity contribution in [3.8, 4) is 0 Å². The van der Waals surface area contributed by atoms with Gasteiger partial charge in [-0.1, -0.05) is 59.7 Å². The first-order chi connectivity index (χ1) is 10.1. The molecule has 0 radical (unpaired) electrons. The minimum absolute atomic E-state index is 0.337. The van der Waals surface area contributed by atoms with Crippen molar-refractivity contribution in [1.82, 2.24) is 0 Å². The summed E-state index contributed by atoms with van der Waals surface area (Å²) in [5, 5.41) is 0. The number of carbonyl (C=O) groups excluding carboxylic acids is 2. The van der Waals surface area contributed by atoms with Crippen LogP contribution in [0.1, 0.15) is 22.3 Å². The van der Waals surface area contributed by atoms with Crippen LogP contribution in [0.4, 0.5) is 0 Å². The van der Waals surface area contributed by atoms with Gasteiger partial charge >= 0.3 is 11.9 Å². The Morgan fingerprint density at radius 1 is 0.619 bits per heavy atom. The number of cyclic esters (lactones) is 2. The Bertz CT molecular complexity index is 685. The van der Waals surface area contributed by atoms with Gasteiger partial charge in [-0.05, 0) is 25.0 Å². The van der Waals surface area contributed by atoms with E-state index >= 15 is 0 Å². The molecule has 0 amide bonds. The molecule has 3 heteroatoms. The number of hydrogen-bond donors (Lipinski definition) is 0. The second kappa shape index (κ2) is 5.02. The van der Waals surface area contributed by atoms with Gasteiger partial charge in [-0.3, -0.25) is 0 Å². The number of carbonyl (C=O) groups is 2. The maximum absolute atomic E-state index is 12.0. The smallest absolute Gasteiger partial charge is 0.347 e. The molecular formula is C18H14O3. The Hall–Kier alpha value is -2.68. The SMILES string of the molecule is Cc1ccc(C2=C(c3ccc(C)cc3)C(=O)OC2=O)cc1. The minimum Gasteiger partial charge on any atom is -0.386 e. The van der Waals surface area contributed by atoms with E-state index in [0.29, 0.717) is 22.3 Å². The second-order valence-corrected chi connectivity index (χ2v) is 5.16. The maximum Gasteiger partial charge on any atom is 0.347 e. The molecule has 104 valence electrons. The molecule has 0 saturated carbocycles. The van der Waals surface area contributed by atoms with Gasteiger partial charge in [0.25, 0.3) is 0 Å². The number of benzene rings is 2. The van der Waals surface area contributed by atoms with Crippen LogP contribution in [0, 0.1) is 13.8 Å². The lowest BCUT2D eigenvalue weighted by molar-refractivity contribution is -0.149. The molecule has 0 saturated heterocycles. The molecule has 21 heavy (non-hydrogen) atoms. The van der Waals surface area contributed by atoms with Crippen LogP contribution in [-0.2, 0) is 14.3 Å². The first-order valence-electron chi connectivity index (χ1n) is 6.71. The van der Waals surface area contributed by atoms with E-state index in [-0.39, 0.29) is 0 Å². The summed E-state index contributed by atoms with van der Waals surface area (Å²) in [5.41, 5.74) is 4.26. The third kappa shape index (κ3) is 2.38. The van der Waals surface area contributed by atoms with E-state index in [0.717, 1.165) is 11.1 Å². The molecule has 0 unspecified atom stereocenters. The van der Waals surface area contributed by atoms with Crippen LogP contribution in [0.5, 0.6) is 0 Å². The van der Waals surface area contributed by atoms with Crippen LogP contribution in [0.3, 0.4) is 0 Å². The summed E-state index contributed by atoms with van der Waals surface area (Å²) >= 11 is 0. The Morgan fingerprint density at radius 3 is 1.29 bits per heavy atom. The van der Waals surface area contributed by atoms with Gasteiger partial charge in [0.15, 0.2) is 0 Å². The summed E-state index contributed by atoms with van der Waals surface area (Å²) in [4.78, 5) is 24.0. The highest BCUT2D eigenvalue weighted by Crippen LogP contribution is 2.34. The summed E-state index contributed by atoms with van der Waals surface area (Å²) in [6.07, 6.45) is 0. The summed E-state index contributed by atoms with van der Waals surface area (Å²) in [7, 11) is 0. The molecule has 1 heterocycles. The zero-order valence-electron chi connectivity index (χ0n) is 11.8. The second-order valence-electron chi connectivity index (χ2n) is 5.16. The zero-order valence-corrected chi connectivity index (χ0v) is 11.8. The van der Waals surface area contributed by atoms with Crippen molar-refractivity contribution in [2.24, 2.45) is 0 Å². The standard InChI is InChI=1S/C18H14O3/c1-11-3-7-13(8-4-11)15-16(18(20)21-17(15)19)14-9-5-12(2)6-10-14/h3-10H,1-2H3. The van der Waals surface area contributed by atoms with E-state index in [2.05, 4.69) is 0 Å². The molecule has 1 aliphatic heterocycles. The van der Waals surface area contributed by atoms with Gasteiger partial charge in [0, 0.05) is 0 Å². The van der Waals surface area contributed by atoms with E-state index in [4.69, 9.17) is 4.74 Å². The molecule has 0 fully saturated rings. The quantitative estimate of drug-likeness (QED) is 0.625. The molecule has 0 atom stereocenters. The monoisotopic (exact) mass is 278 g/mol. The van der Waals surface area contributed by atoms with Crippen molar-refractivity contribution in [3.05, 3.63) is 70.8 Å². The van der Waals surface area contributed by atoms with Crippen LogP contribution in [0.25, 0.3) is 11.1 Å². The lowest BCUT2D eigenvalue weighted by Gasteiger charge is -2.04. The van der Waals surface area contributed by atoms with E-state index in [1.807, 2.05) is 62.4 Å². The summed E-state index contributed by atoms with van der Waals surface area (Å²) in [6.45, 7) is 3.94. The predicted octanol–water partition coefficient (Wildman–Crippen LogP) is 3.30. The third-order valence-corrected chi connectivity index (χ3v) is 3.52. The van der Waals surface area contributed by atoms with Gasteiger partial charge in [-0.15, -0.1) is 0 Å². The Balaban J connectivity index is 2.19. The Kier molecular flexibility index (Phi) is 3.18. The van der Waals surface area contributed by atoms with Gasteiger partial charge in [-0.25, -0.2) is 9.59 Å². The van der Waals surface area contributed by atoms with Gasteiger partial charge in [-0.2, -0.15) is 0 Å². The third-order valence-electron chi connectivity index (χ3n) is 3.52. The lowest BCUT2D eigenvalue weighted by atomic mass is 9.95. The highest BCUT2D eigenvalue weighted by molar-refractivity contribution is 6.44. The van der Waals surface area contributed by atoms with Gasteiger partial charge in [0.2, 0.25) is 0 Å². The molecule has 0 aliphatic carbocycles. The number of rotatable bonds is 2. The van der Waals surface area contributed by atoms with Crippen molar-refractivity contribution in [2.45, 2.75) is 13.8 Å². The van der Waals surface area contributed by atoms with Crippen molar-refractivity contribution in [2.75, 3.05) is 0 Å². The molecule has 3 nitrogen and oxygen atoms in total. The Labute approximate surface area is 122 Å². The molecular weight excluding hydrogens is 264 g/mol. The van der Waals surface area contributed by atoms with Crippen molar-refractivity contribution < 1.29 is 14.3 Å². The fourth-order valence-corrected chi connectivity index (χ4v) is 2.36. The highest BCUT2D eigenvalue weighted by Gasteiger charge is 2.34. The number of hydrogen-bond acceptors (Lipinski definition) is 3. The predicted molar refractivity (Wildman–Crippen MR) is 80.3 cm³/mol. The molecule has 0 spiro atoms.